The molecule has 29 heavy (non-hydrogen) atoms. The van der Waals surface area contributed by atoms with Gasteiger partial charge in [0.05, 0.1) is 6.57 Å². The number of amides is 3. The van der Waals surface area contributed by atoms with Crippen LogP contribution in [0.15, 0.2) is 36.4 Å². The van der Waals surface area contributed by atoms with Gasteiger partial charge in [-0.1, -0.05) is 24.3 Å². The molecule has 8 heteroatoms. The number of anilines is 1. The van der Waals surface area contributed by atoms with E-state index in [1.807, 2.05) is 0 Å². The van der Waals surface area contributed by atoms with Crippen molar-refractivity contribution in [3.8, 4) is 0 Å². The first kappa shape index (κ1) is 18.6. The molecule has 2 aromatic rings. The maximum absolute atomic E-state index is 14.3. The SMILES string of the molecule is [C-]#[N+]c1cccc(CNc2cccc3c2CN([C@@H]2CCC(=O)NC2=O)C3=O)c1F. The molecule has 0 spiro atoms. The van der Waals surface area contributed by atoms with Gasteiger partial charge in [0.1, 0.15) is 11.9 Å². The van der Waals surface area contributed by atoms with E-state index >= 15 is 0 Å². The highest BCUT2D eigenvalue weighted by molar-refractivity contribution is 6.06. The van der Waals surface area contributed by atoms with Crippen molar-refractivity contribution in [2.45, 2.75) is 32.0 Å². The number of rotatable bonds is 4. The maximum Gasteiger partial charge on any atom is 0.255 e. The zero-order chi connectivity index (χ0) is 20.5. The van der Waals surface area contributed by atoms with Crippen molar-refractivity contribution < 1.29 is 18.8 Å². The summed E-state index contributed by atoms with van der Waals surface area (Å²) in [5.41, 5.74) is 2.18. The predicted octanol–water partition coefficient (Wildman–Crippen LogP) is 2.75. The van der Waals surface area contributed by atoms with Crippen molar-refractivity contribution in [1.29, 1.82) is 0 Å². The largest absolute Gasteiger partial charge is 0.381 e. The second-order valence-corrected chi connectivity index (χ2v) is 6.95. The number of benzene rings is 2. The molecule has 2 aliphatic heterocycles. The fraction of sp³-hybridized carbons (Fsp3) is 0.238. The highest BCUT2D eigenvalue weighted by Gasteiger charge is 2.39. The molecule has 7 nitrogen and oxygen atoms in total. The van der Waals surface area contributed by atoms with E-state index in [9.17, 15) is 18.8 Å². The van der Waals surface area contributed by atoms with Gasteiger partial charge in [0.25, 0.3) is 5.91 Å². The molecule has 2 aliphatic rings. The minimum absolute atomic E-state index is 0.0400. The first-order chi connectivity index (χ1) is 14.0. The summed E-state index contributed by atoms with van der Waals surface area (Å²) < 4.78 is 14.3. The number of carbonyl (C=O) groups excluding carboxylic acids is 3. The van der Waals surface area contributed by atoms with Gasteiger partial charge in [0, 0.05) is 36.3 Å². The molecule has 1 saturated heterocycles. The molecule has 0 radical (unpaired) electrons. The third kappa shape index (κ3) is 3.31. The van der Waals surface area contributed by atoms with Gasteiger partial charge in [0.15, 0.2) is 0 Å². The molecule has 146 valence electrons. The summed E-state index contributed by atoms with van der Waals surface area (Å²) in [5, 5.41) is 5.42. The maximum atomic E-state index is 14.3. The van der Waals surface area contributed by atoms with Crippen molar-refractivity contribution in [2.24, 2.45) is 0 Å². The summed E-state index contributed by atoms with van der Waals surface area (Å²) in [6.07, 6.45) is 0.486. The van der Waals surface area contributed by atoms with Crippen molar-refractivity contribution in [3.63, 3.8) is 0 Å². The van der Waals surface area contributed by atoms with Crippen LogP contribution in [0.3, 0.4) is 0 Å². The number of nitrogens with one attached hydrogen (secondary N) is 2. The van der Waals surface area contributed by atoms with Crippen molar-refractivity contribution in [1.82, 2.24) is 10.2 Å². The molecule has 2 heterocycles. The summed E-state index contributed by atoms with van der Waals surface area (Å²) in [4.78, 5) is 41.0. The lowest BCUT2D eigenvalue weighted by Crippen LogP contribution is -2.52. The monoisotopic (exact) mass is 392 g/mol. The van der Waals surface area contributed by atoms with Gasteiger partial charge in [-0.2, -0.15) is 0 Å². The Morgan fingerprint density at radius 1 is 1.21 bits per heavy atom. The Morgan fingerprint density at radius 2 is 2.00 bits per heavy atom. The van der Waals surface area contributed by atoms with E-state index < -0.39 is 17.8 Å². The molecule has 0 saturated carbocycles. The normalized spacial score (nSPS) is 18.3. The van der Waals surface area contributed by atoms with E-state index in [0.29, 0.717) is 23.2 Å². The zero-order valence-electron chi connectivity index (χ0n) is 15.4. The molecule has 0 aromatic heterocycles. The average molecular weight is 392 g/mol. The molecule has 2 N–H and O–H groups in total. The van der Waals surface area contributed by atoms with Crippen LogP contribution in [-0.4, -0.2) is 28.7 Å². The Hall–Kier alpha value is -3.73. The van der Waals surface area contributed by atoms with E-state index in [1.54, 1.807) is 30.3 Å². The lowest BCUT2D eigenvalue weighted by atomic mass is 10.0. The van der Waals surface area contributed by atoms with Gasteiger partial charge in [-0.3, -0.25) is 19.7 Å². The molecular formula is C21H17FN4O3. The first-order valence-corrected chi connectivity index (χ1v) is 9.15. The Labute approximate surface area is 166 Å². The van der Waals surface area contributed by atoms with Crippen LogP contribution in [0, 0.1) is 12.4 Å². The molecule has 0 aliphatic carbocycles. The van der Waals surface area contributed by atoms with E-state index in [0.717, 1.165) is 5.56 Å². The molecular weight excluding hydrogens is 375 g/mol. The molecule has 0 bridgehead atoms. The van der Waals surface area contributed by atoms with E-state index in [4.69, 9.17) is 6.57 Å². The topological polar surface area (TPSA) is 82.9 Å². The molecule has 0 unspecified atom stereocenters. The fourth-order valence-corrected chi connectivity index (χ4v) is 3.73. The minimum atomic E-state index is -0.687. The van der Waals surface area contributed by atoms with Crippen molar-refractivity contribution >= 4 is 29.1 Å². The summed E-state index contributed by atoms with van der Waals surface area (Å²) >= 11 is 0. The summed E-state index contributed by atoms with van der Waals surface area (Å²) in [5.74, 6) is -1.63. The van der Waals surface area contributed by atoms with Crippen molar-refractivity contribution in [3.05, 3.63) is 70.3 Å². The van der Waals surface area contributed by atoms with Gasteiger partial charge < -0.3 is 10.2 Å². The van der Waals surface area contributed by atoms with Crippen LogP contribution in [0.1, 0.15) is 34.3 Å². The van der Waals surface area contributed by atoms with Crippen LogP contribution in [0.25, 0.3) is 4.85 Å². The standard InChI is InChI=1S/C21H17FN4O3/c1-23-16-7-2-4-12(19(16)22)10-24-15-6-3-5-13-14(15)11-26(21(13)29)17-8-9-18(27)25-20(17)28/h2-7,17,24H,8-11H2,(H,25,27,28)/t17-/m1/s1. The van der Waals surface area contributed by atoms with Crippen LogP contribution in [0.5, 0.6) is 0 Å². The number of carbonyl (C=O) groups is 3. The van der Waals surface area contributed by atoms with Crippen LogP contribution in [0.4, 0.5) is 15.8 Å². The Bertz CT molecular complexity index is 1080. The third-order valence-corrected chi connectivity index (χ3v) is 5.23. The highest BCUT2D eigenvalue weighted by Crippen LogP contribution is 2.32. The zero-order valence-corrected chi connectivity index (χ0v) is 15.4. The number of hydrogen-bond acceptors (Lipinski definition) is 4. The number of piperidine rings is 1. The number of nitrogens with zero attached hydrogens (tertiary/aromatic N) is 2. The average Bonchev–Trinajstić information content (AvgIpc) is 3.04. The van der Waals surface area contributed by atoms with Gasteiger partial charge >= 0.3 is 0 Å². The Balaban J connectivity index is 1.55. The van der Waals surface area contributed by atoms with Crippen LogP contribution < -0.4 is 10.6 Å². The summed E-state index contributed by atoms with van der Waals surface area (Å²) in [6.45, 7) is 7.40. The Morgan fingerprint density at radius 3 is 2.76 bits per heavy atom. The van der Waals surface area contributed by atoms with Crippen LogP contribution in [0.2, 0.25) is 0 Å². The quantitative estimate of drug-likeness (QED) is 0.619. The number of imide groups is 1. The number of fused-ring (bicyclic) bond motifs is 1. The second kappa shape index (κ2) is 7.36. The van der Waals surface area contributed by atoms with Crippen molar-refractivity contribution in [2.75, 3.05) is 5.32 Å². The molecule has 1 fully saturated rings. The van der Waals surface area contributed by atoms with E-state index in [2.05, 4.69) is 15.5 Å². The lowest BCUT2D eigenvalue weighted by Gasteiger charge is -2.29. The molecule has 4 rings (SSSR count). The predicted molar refractivity (Wildman–Crippen MR) is 102 cm³/mol. The summed E-state index contributed by atoms with van der Waals surface area (Å²) in [7, 11) is 0. The second-order valence-electron chi connectivity index (χ2n) is 6.95. The third-order valence-electron chi connectivity index (χ3n) is 5.23. The van der Waals surface area contributed by atoms with Gasteiger partial charge in [-0.15, -0.1) is 0 Å². The number of halogens is 1. The van der Waals surface area contributed by atoms with E-state index in [1.165, 1.54) is 11.0 Å². The highest BCUT2D eigenvalue weighted by atomic mass is 19.1. The number of hydrogen-bond donors (Lipinski definition) is 2. The lowest BCUT2D eigenvalue weighted by molar-refractivity contribution is -0.136. The van der Waals surface area contributed by atoms with Crippen LogP contribution in [-0.2, 0) is 22.7 Å². The first-order valence-electron chi connectivity index (χ1n) is 9.15. The smallest absolute Gasteiger partial charge is 0.255 e. The van der Waals surface area contributed by atoms with Gasteiger partial charge in [-0.05, 0) is 24.1 Å². The Kier molecular flexibility index (Phi) is 4.72. The molecule has 1 atom stereocenters. The minimum Gasteiger partial charge on any atom is -0.381 e. The fourth-order valence-electron chi connectivity index (χ4n) is 3.73. The van der Waals surface area contributed by atoms with Crippen LogP contribution >= 0.6 is 0 Å². The van der Waals surface area contributed by atoms with E-state index in [-0.39, 0.29) is 37.0 Å². The molecule has 3 amide bonds. The molecule has 2 aromatic carbocycles. The van der Waals surface area contributed by atoms with Gasteiger partial charge in [0.2, 0.25) is 17.5 Å². The van der Waals surface area contributed by atoms with Gasteiger partial charge in [-0.25, -0.2) is 9.24 Å². The summed E-state index contributed by atoms with van der Waals surface area (Å²) in [6, 6.07) is 9.15.